The molecular formula is C13H11NO2. The highest BCUT2D eigenvalue weighted by molar-refractivity contribution is 5.72. The van der Waals surface area contributed by atoms with Crippen LogP contribution in [0.3, 0.4) is 0 Å². The van der Waals surface area contributed by atoms with Crippen molar-refractivity contribution < 1.29 is 9.53 Å². The van der Waals surface area contributed by atoms with Crippen molar-refractivity contribution in [1.82, 2.24) is 0 Å². The van der Waals surface area contributed by atoms with E-state index < -0.39 is 0 Å². The van der Waals surface area contributed by atoms with E-state index in [2.05, 4.69) is 22.6 Å². The van der Waals surface area contributed by atoms with E-state index in [1.807, 2.05) is 13.0 Å². The van der Waals surface area contributed by atoms with Gasteiger partial charge in [-0.1, -0.05) is 24.0 Å². The van der Waals surface area contributed by atoms with E-state index in [1.165, 1.54) is 7.11 Å². The Morgan fingerprint density at radius 2 is 2.25 bits per heavy atom. The van der Waals surface area contributed by atoms with Gasteiger partial charge < -0.3 is 4.74 Å². The lowest BCUT2D eigenvalue weighted by Crippen LogP contribution is -1.97. The summed E-state index contributed by atoms with van der Waals surface area (Å²) in [4.78, 5) is 10.9. The van der Waals surface area contributed by atoms with Gasteiger partial charge in [0.15, 0.2) is 0 Å². The van der Waals surface area contributed by atoms with Gasteiger partial charge in [-0.15, -0.1) is 0 Å². The van der Waals surface area contributed by atoms with Gasteiger partial charge in [0, 0.05) is 5.56 Å². The summed E-state index contributed by atoms with van der Waals surface area (Å²) < 4.78 is 4.47. The highest BCUT2D eigenvalue weighted by Gasteiger charge is 2.01. The van der Waals surface area contributed by atoms with E-state index in [-0.39, 0.29) is 12.4 Å². The second-order valence-electron chi connectivity index (χ2n) is 3.16. The third kappa shape index (κ3) is 2.87. The Morgan fingerprint density at radius 3 is 2.88 bits per heavy atom. The van der Waals surface area contributed by atoms with Gasteiger partial charge in [-0.05, 0) is 18.6 Å². The van der Waals surface area contributed by atoms with Crippen LogP contribution in [0.1, 0.15) is 23.1 Å². The first kappa shape index (κ1) is 11.8. The molecule has 0 atom stereocenters. The predicted molar refractivity (Wildman–Crippen MR) is 59.4 cm³/mol. The molecule has 0 fully saturated rings. The van der Waals surface area contributed by atoms with E-state index in [1.54, 1.807) is 12.1 Å². The minimum absolute atomic E-state index is 0.0374. The Labute approximate surface area is 94.7 Å². The summed E-state index contributed by atoms with van der Waals surface area (Å²) in [5.74, 6) is 5.14. The molecule has 0 bridgehead atoms. The first-order valence-corrected chi connectivity index (χ1v) is 4.74. The average molecular weight is 213 g/mol. The third-order valence-corrected chi connectivity index (χ3v) is 2.07. The van der Waals surface area contributed by atoms with E-state index in [9.17, 15) is 4.79 Å². The smallest absolute Gasteiger partial charge is 0.317 e. The molecule has 0 amide bonds. The monoisotopic (exact) mass is 213 g/mol. The normalized spacial score (nSPS) is 8.56. The molecule has 0 aliphatic heterocycles. The van der Waals surface area contributed by atoms with E-state index in [4.69, 9.17) is 5.26 Å². The zero-order valence-electron chi connectivity index (χ0n) is 9.20. The van der Waals surface area contributed by atoms with Crippen molar-refractivity contribution in [2.45, 2.75) is 13.3 Å². The fourth-order valence-corrected chi connectivity index (χ4v) is 1.20. The van der Waals surface area contributed by atoms with Gasteiger partial charge in [-0.3, -0.25) is 4.79 Å². The molecule has 0 unspecified atom stereocenters. The van der Waals surface area contributed by atoms with Gasteiger partial charge in [0.1, 0.15) is 12.5 Å². The molecule has 0 N–H and O–H groups in total. The first-order valence-electron chi connectivity index (χ1n) is 4.74. The van der Waals surface area contributed by atoms with E-state index >= 15 is 0 Å². The lowest BCUT2D eigenvalue weighted by molar-refractivity contribution is -0.139. The van der Waals surface area contributed by atoms with Gasteiger partial charge >= 0.3 is 5.97 Å². The summed E-state index contributed by atoms with van der Waals surface area (Å²) in [5, 5.41) is 8.89. The number of nitrogens with zero attached hydrogens (tertiary/aromatic N) is 1. The molecule has 80 valence electrons. The van der Waals surface area contributed by atoms with Crippen LogP contribution in [0.25, 0.3) is 0 Å². The Morgan fingerprint density at radius 1 is 1.50 bits per heavy atom. The Balaban J connectivity index is 2.97. The summed E-state index contributed by atoms with van der Waals surface area (Å²) >= 11 is 0. The van der Waals surface area contributed by atoms with Crippen molar-refractivity contribution in [3.63, 3.8) is 0 Å². The molecule has 1 aromatic rings. The first-order chi connectivity index (χ1) is 7.69. The van der Waals surface area contributed by atoms with Crippen LogP contribution < -0.4 is 0 Å². The maximum atomic E-state index is 10.9. The number of esters is 1. The predicted octanol–water partition coefficient (Wildman–Crippen LogP) is 1.78. The molecule has 0 saturated heterocycles. The number of aryl methyl sites for hydroxylation is 1. The summed E-state index contributed by atoms with van der Waals surface area (Å²) in [7, 11) is 1.32. The molecule has 0 aliphatic rings. The number of carbonyl (C=O) groups is 1. The summed E-state index contributed by atoms with van der Waals surface area (Å²) in [6.07, 6.45) is 0.0374. The number of methoxy groups -OCH3 is 1. The second-order valence-corrected chi connectivity index (χ2v) is 3.16. The number of nitriles is 1. The second kappa shape index (κ2) is 5.58. The highest BCUT2D eigenvalue weighted by Crippen LogP contribution is 2.11. The molecule has 1 aromatic carbocycles. The lowest BCUT2D eigenvalue weighted by atomic mass is 10.0. The van der Waals surface area contributed by atoms with Crippen molar-refractivity contribution in [2.24, 2.45) is 0 Å². The molecule has 3 nitrogen and oxygen atoms in total. The fourth-order valence-electron chi connectivity index (χ4n) is 1.20. The van der Waals surface area contributed by atoms with Gasteiger partial charge in [0.2, 0.25) is 0 Å². The lowest BCUT2D eigenvalue weighted by Gasteiger charge is -1.99. The quantitative estimate of drug-likeness (QED) is 0.527. The topological polar surface area (TPSA) is 50.1 Å². The molecule has 0 heterocycles. The molecule has 0 radical (unpaired) electrons. The molecule has 16 heavy (non-hydrogen) atoms. The van der Waals surface area contributed by atoms with Crippen LogP contribution in [-0.2, 0) is 9.53 Å². The van der Waals surface area contributed by atoms with Crippen LogP contribution in [0.4, 0.5) is 0 Å². The Bertz CT molecular complexity index is 501. The summed E-state index contributed by atoms with van der Waals surface area (Å²) in [5.41, 5.74) is 2.13. The Hall–Kier alpha value is -2.26. The number of rotatable bonds is 1. The molecular weight excluding hydrogens is 202 g/mol. The number of ether oxygens (including phenoxy) is 1. The summed E-state index contributed by atoms with van der Waals surface area (Å²) in [6, 6.07) is 7.46. The molecule has 0 aliphatic carbocycles. The summed E-state index contributed by atoms with van der Waals surface area (Å²) in [6.45, 7) is 1.88. The highest BCUT2D eigenvalue weighted by atomic mass is 16.5. The molecule has 0 spiro atoms. The van der Waals surface area contributed by atoms with Crippen LogP contribution >= 0.6 is 0 Å². The largest absolute Gasteiger partial charge is 0.468 e. The molecule has 3 heteroatoms. The van der Waals surface area contributed by atoms with Crippen molar-refractivity contribution in [1.29, 1.82) is 5.26 Å². The standard InChI is InChI=1S/C13H11NO2/c1-10-5-3-6-11(9-14)12(10)7-4-8-13(15)16-2/h3,5-6H,8H2,1-2H3. The van der Waals surface area contributed by atoms with Crippen molar-refractivity contribution >= 4 is 5.97 Å². The zero-order chi connectivity index (χ0) is 12.0. The average Bonchev–Trinajstić information content (AvgIpc) is 2.30. The zero-order valence-corrected chi connectivity index (χ0v) is 9.20. The number of hydrogen-bond acceptors (Lipinski definition) is 3. The van der Waals surface area contributed by atoms with Gasteiger partial charge in [-0.25, -0.2) is 0 Å². The van der Waals surface area contributed by atoms with Crippen LogP contribution in [0.15, 0.2) is 18.2 Å². The molecule has 0 aromatic heterocycles. The van der Waals surface area contributed by atoms with Gasteiger partial charge in [0.25, 0.3) is 0 Å². The van der Waals surface area contributed by atoms with Crippen LogP contribution in [0.5, 0.6) is 0 Å². The molecule has 0 saturated carbocycles. The maximum Gasteiger partial charge on any atom is 0.317 e. The van der Waals surface area contributed by atoms with Crippen molar-refractivity contribution in [3.8, 4) is 17.9 Å². The number of carbonyl (C=O) groups excluding carboxylic acids is 1. The Kier molecular flexibility index (Phi) is 4.12. The minimum atomic E-state index is -0.375. The van der Waals surface area contributed by atoms with Crippen LogP contribution in [0.2, 0.25) is 0 Å². The van der Waals surface area contributed by atoms with E-state index in [0.717, 1.165) is 5.56 Å². The van der Waals surface area contributed by atoms with Gasteiger partial charge in [0.05, 0.1) is 12.7 Å². The third-order valence-electron chi connectivity index (χ3n) is 2.07. The fraction of sp³-hybridized carbons (Fsp3) is 0.231. The SMILES string of the molecule is COC(=O)CC#Cc1c(C)cccc1C#N. The number of hydrogen-bond donors (Lipinski definition) is 0. The van der Waals surface area contributed by atoms with Crippen LogP contribution in [0, 0.1) is 30.1 Å². The van der Waals surface area contributed by atoms with Gasteiger partial charge in [-0.2, -0.15) is 5.26 Å². The number of benzene rings is 1. The van der Waals surface area contributed by atoms with Crippen molar-refractivity contribution in [2.75, 3.05) is 7.11 Å². The molecule has 1 rings (SSSR count). The maximum absolute atomic E-state index is 10.9. The van der Waals surface area contributed by atoms with Crippen molar-refractivity contribution in [3.05, 3.63) is 34.9 Å². The minimum Gasteiger partial charge on any atom is -0.468 e. The van der Waals surface area contributed by atoms with E-state index in [0.29, 0.717) is 11.1 Å². The van der Waals surface area contributed by atoms with Crippen LogP contribution in [-0.4, -0.2) is 13.1 Å².